The molecule has 0 spiro atoms. The highest BCUT2D eigenvalue weighted by atomic mass is 14.4. The lowest BCUT2D eigenvalue weighted by Gasteiger charge is -2.24. The van der Waals surface area contributed by atoms with Gasteiger partial charge in [-0.2, -0.15) is 0 Å². The average molecular weight is 323 g/mol. The van der Waals surface area contributed by atoms with Gasteiger partial charge >= 0.3 is 0 Å². The topological polar surface area (TPSA) is 0 Å². The molecule has 0 nitrogen and oxygen atoms in total. The van der Waals surface area contributed by atoms with Gasteiger partial charge in [-0.15, -0.1) is 0 Å². The number of hydrogen-bond donors (Lipinski definition) is 0. The van der Waals surface area contributed by atoms with E-state index < -0.39 is 0 Å². The molecule has 1 fully saturated rings. The highest BCUT2D eigenvalue weighted by Crippen LogP contribution is 2.44. The monoisotopic (exact) mass is 322 g/mol. The molecule has 0 heterocycles. The molecule has 0 amide bonds. The van der Waals surface area contributed by atoms with Gasteiger partial charge in [0.1, 0.15) is 0 Å². The number of hydrogen-bond acceptors (Lipinski definition) is 0. The minimum absolute atomic E-state index is 0.591. The van der Waals surface area contributed by atoms with Crippen LogP contribution in [-0.4, -0.2) is 0 Å². The summed E-state index contributed by atoms with van der Waals surface area (Å²) in [5.41, 5.74) is 0.591. The average Bonchev–Trinajstić information content (AvgIpc) is 3.28. The molecule has 1 saturated carbocycles. The fourth-order valence-corrected chi connectivity index (χ4v) is 4.21. The van der Waals surface area contributed by atoms with Crippen molar-refractivity contribution in [2.75, 3.05) is 0 Å². The quantitative estimate of drug-likeness (QED) is 0.250. The lowest BCUT2D eigenvalue weighted by Crippen LogP contribution is -2.11. The van der Waals surface area contributed by atoms with E-state index in [0.717, 1.165) is 11.8 Å². The first-order valence-corrected chi connectivity index (χ1v) is 11.1. The molecule has 1 aliphatic rings. The van der Waals surface area contributed by atoms with Crippen LogP contribution < -0.4 is 0 Å². The lowest BCUT2D eigenvalue weighted by molar-refractivity contribution is 0.281. The minimum atomic E-state index is 0.591. The summed E-state index contributed by atoms with van der Waals surface area (Å²) in [6.07, 6.45) is 23.4. The predicted molar refractivity (Wildman–Crippen MR) is 106 cm³/mol. The van der Waals surface area contributed by atoms with E-state index in [-0.39, 0.29) is 0 Å². The summed E-state index contributed by atoms with van der Waals surface area (Å²) in [5, 5.41) is 0. The third-order valence-electron chi connectivity index (χ3n) is 6.23. The fraction of sp³-hybridized carbons (Fsp3) is 1.00. The molecule has 0 saturated heterocycles. The molecular weight excluding hydrogens is 276 g/mol. The molecule has 0 aromatic carbocycles. The van der Waals surface area contributed by atoms with Crippen molar-refractivity contribution in [3.63, 3.8) is 0 Å². The van der Waals surface area contributed by atoms with Crippen LogP contribution in [0.3, 0.4) is 0 Å². The third-order valence-corrected chi connectivity index (χ3v) is 6.23. The van der Waals surface area contributed by atoms with Crippen LogP contribution in [0.1, 0.15) is 130 Å². The Morgan fingerprint density at radius 2 is 1.17 bits per heavy atom. The number of unbranched alkanes of at least 4 members (excludes halogenated alkanes) is 9. The smallest absolute Gasteiger partial charge is 0.0354 e. The Morgan fingerprint density at radius 3 is 1.70 bits per heavy atom. The zero-order chi connectivity index (χ0) is 17.0. The van der Waals surface area contributed by atoms with Gasteiger partial charge in [0.25, 0.3) is 0 Å². The molecule has 138 valence electrons. The fourth-order valence-electron chi connectivity index (χ4n) is 4.21. The summed E-state index contributed by atoms with van der Waals surface area (Å²) in [5.74, 6) is 2.22. The molecule has 2 atom stereocenters. The largest absolute Gasteiger partial charge is 0.0654 e. The standard InChI is InChI=1S/C23H46/c1-5-7-8-9-10-11-12-15-18-23(3,4)19-16-13-14-17-22-20-21(22)6-2/h21-22H,5-20H2,1-4H3. The molecule has 0 aliphatic heterocycles. The predicted octanol–water partition coefficient (Wildman–Crippen LogP) is 8.54. The molecule has 0 aromatic rings. The van der Waals surface area contributed by atoms with Crippen molar-refractivity contribution < 1.29 is 0 Å². The summed E-state index contributed by atoms with van der Waals surface area (Å²) < 4.78 is 0. The Morgan fingerprint density at radius 1 is 0.652 bits per heavy atom. The SMILES string of the molecule is CCCCCCCCCCC(C)(C)CCCCCC1CC1CC. The summed E-state index contributed by atoms with van der Waals surface area (Å²) >= 11 is 0. The third kappa shape index (κ3) is 11.2. The zero-order valence-electron chi connectivity index (χ0n) is 17.0. The van der Waals surface area contributed by atoms with Crippen LogP contribution in [0.5, 0.6) is 0 Å². The Labute approximate surface area is 148 Å². The van der Waals surface area contributed by atoms with E-state index in [1.54, 1.807) is 6.42 Å². The van der Waals surface area contributed by atoms with Gasteiger partial charge in [-0.3, -0.25) is 0 Å². The molecule has 1 rings (SSSR count). The molecule has 2 unspecified atom stereocenters. The van der Waals surface area contributed by atoms with Crippen LogP contribution in [0.4, 0.5) is 0 Å². The second kappa shape index (κ2) is 12.4. The zero-order valence-corrected chi connectivity index (χ0v) is 17.0. The van der Waals surface area contributed by atoms with E-state index in [9.17, 15) is 0 Å². The van der Waals surface area contributed by atoms with E-state index in [1.807, 2.05) is 0 Å². The van der Waals surface area contributed by atoms with Crippen molar-refractivity contribution in [2.24, 2.45) is 17.3 Å². The summed E-state index contributed by atoms with van der Waals surface area (Å²) in [6, 6.07) is 0. The van der Waals surface area contributed by atoms with Crippen LogP contribution in [0.15, 0.2) is 0 Å². The van der Waals surface area contributed by atoms with Gasteiger partial charge in [0.05, 0.1) is 0 Å². The van der Waals surface area contributed by atoms with E-state index in [1.165, 1.54) is 96.3 Å². The second-order valence-electron chi connectivity index (χ2n) is 9.15. The van der Waals surface area contributed by atoms with Crippen LogP contribution in [0.2, 0.25) is 0 Å². The van der Waals surface area contributed by atoms with Crippen molar-refractivity contribution in [3.8, 4) is 0 Å². The Balaban J connectivity index is 1.86. The molecule has 0 heteroatoms. The Bertz CT molecular complexity index is 265. The maximum absolute atomic E-state index is 2.50. The maximum atomic E-state index is 2.50. The van der Waals surface area contributed by atoms with Crippen LogP contribution >= 0.6 is 0 Å². The van der Waals surface area contributed by atoms with E-state index in [4.69, 9.17) is 0 Å². The molecule has 23 heavy (non-hydrogen) atoms. The van der Waals surface area contributed by atoms with Gasteiger partial charge in [0.15, 0.2) is 0 Å². The first kappa shape index (κ1) is 21.0. The van der Waals surface area contributed by atoms with Gasteiger partial charge in [-0.05, 0) is 36.5 Å². The van der Waals surface area contributed by atoms with Gasteiger partial charge in [0, 0.05) is 0 Å². The molecular formula is C23H46. The second-order valence-corrected chi connectivity index (χ2v) is 9.15. The van der Waals surface area contributed by atoms with Gasteiger partial charge < -0.3 is 0 Å². The van der Waals surface area contributed by atoms with Crippen molar-refractivity contribution >= 4 is 0 Å². The lowest BCUT2D eigenvalue weighted by atomic mass is 9.81. The van der Waals surface area contributed by atoms with Gasteiger partial charge in [-0.1, -0.05) is 111 Å². The summed E-state index contributed by atoms with van der Waals surface area (Å²) in [4.78, 5) is 0. The highest BCUT2D eigenvalue weighted by Gasteiger charge is 2.33. The van der Waals surface area contributed by atoms with Crippen molar-refractivity contribution in [3.05, 3.63) is 0 Å². The van der Waals surface area contributed by atoms with E-state index >= 15 is 0 Å². The molecule has 0 N–H and O–H groups in total. The van der Waals surface area contributed by atoms with Gasteiger partial charge in [0.2, 0.25) is 0 Å². The van der Waals surface area contributed by atoms with Crippen LogP contribution in [0, 0.1) is 17.3 Å². The van der Waals surface area contributed by atoms with E-state index in [2.05, 4.69) is 27.7 Å². The molecule has 0 aromatic heterocycles. The normalized spacial score (nSPS) is 20.9. The van der Waals surface area contributed by atoms with Crippen LogP contribution in [0.25, 0.3) is 0 Å². The van der Waals surface area contributed by atoms with Crippen LogP contribution in [-0.2, 0) is 0 Å². The first-order chi connectivity index (χ1) is 11.1. The molecule has 0 bridgehead atoms. The Hall–Kier alpha value is 0. The van der Waals surface area contributed by atoms with Gasteiger partial charge in [-0.25, -0.2) is 0 Å². The van der Waals surface area contributed by atoms with E-state index in [0.29, 0.717) is 5.41 Å². The number of rotatable bonds is 16. The highest BCUT2D eigenvalue weighted by molar-refractivity contribution is 4.84. The summed E-state index contributed by atoms with van der Waals surface area (Å²) in [6.45, 7) is 9.67. The van der Waals surface area contributed by atoms with Crippen molar-refractivity contribution in [2.45, 2.75) is 130 Å². The van der Waals surface area contributed by atoms with Crippen molar-refractivity contribution in [1.82, 2.24) is 0 Å². The molecule has 1 aliphatic carbocycles. The Kier molecular flexibility index (Phi) is 11.3. The molecule has 0 radical (unpaired) electrons. The minimum Gasteiger partial charge on any atom is -0.0654 e. The first-order valence-electron chi connectivity index (χ1n) is 11.1. The summed E-state index contributed by atoms with van der Waals surface area (Å²) in [7, 11) is 0. The maximum Gasteiger partial charge on any atom is -0.0354 e. The van der Waals surface area contributed by atoms with Crippen molar-refractivity contribution in [1.29, 1.82) is 0 Å².